The summed E-state index contributed by atoms with van der Waals surface area (Å²) in [4.78, 5) is 84.9. The fourth-order valence-corrected chi connectivity index (χ4v) is 17.7. The van der Waals surface area contributed by atoms with Gasteiger partial charge >= 0.3 is 42.0 Å². The smallest absolute Gasteiger partial charge is 0.373 e. The molecule has 7 aliphatic heterocycles. The van der Waals surface area contributed by atoms with Gasteiger partial charge in [-0.1, -0.05) is 99.6 Å². The van der Waals surface area contributed by atoms with Crippen molar-refractivity contribution in [2.45, 2.75) is 276 Å². The van der Waals surface area contributed by atoms with Crippen LogP contribution in [0.1, 0.15) is 129 Å². The number of β-amino-alcohol motifs (C(OH)–C–C–N with tert-alkyl or cyclic N) is 1. The number of aliphatic carboxylic acids is 6. The van der Waals surface area contributed by atoms with Gasteiger partial charge in [-0.05, 0) is 187 Å². The molecular formula is C73H145B7F4N10O23. The normalized spacial score (nSPS) is 28.5. The molecule has 25 N–H and O–H groups in total. The average Bonchev–Trinajstić information content (AvgIpc) is 1.65. The van der Waals surface area contributed by atoms with Gasteiger partial charge in [0.05, 0.1) is 18.1 Å². The molecule has 117 heavy (non-hydrogen) atoms. The van der Waals surface area contributed by atoms with Crippen LogP contribution in [0, 0.1) is 44.3 Å². The van der Waals surface area contributed by atoms with Gasteiger partial charge < -0.3 is 129 Å². The molecule has 15 atom stereocenters. The van der Waals surface area contributed by atoms with Crippen LogP contribution < -0.4 is 48.3 Å². The number of carbonyl (C=O) groups excluding carboxylic acids is 2. The van der Waals surface area contributed by atoms with E-state index in [1.807, 2.05) is 28.0 Å². The van der Waals surface area contributed by atoms with Crippen molar-refractivity contribution in [3.8, 4) is 0 Å². The fourth-order valence-electron chi connectivity index (χ4n) is 17.7. The number of carboxylic acids is 6. The molecule has 7 saturated heterocycles. The summed E-state index contributed by atoms with van der Waals surface area (Å²) < 4.78 is 52.3. The zero-order chi connectivity index (χ0) is 89.7. The minimum absolute atomic E-state index is 0.0276. The van der Waals surface area contributed by atoms with Gasteiger partial charge in [0, 0.05) is 66.2 Å². The second-order valence-electron chi connectivity index (χ2n) is 34.5. The van der Waals surface area contributed by atoms with Gasteiger partial charge in [0.1, 0.15) is 36.3 Å². The Hall–Kier alpha value is -4.39. The van der Waals surface area contributed by atoms with Crippen LogP contribution in [0.4, 0.5) is 17.6 Å². The summed E-state index contributed by atoms with van der Waals surface area (Å²) in [5, 5.41) is 161. The standard InChI is InChI=1S/C12H25BN2O3.C11H20BF2NO3.C11H23BN2O3.C10H18BF2NO3.C10H20BNO4.C9H21BN2O.C9H18BNO4.CO2/c1-13(18)7-4-5-12(9-15(2)3)6-8-14-10(12)11(16)17;1-11(4-3-5-12(2)18)7(9(13)14)6-15-8(11)10(16)17;1-12(17)6-3-4-11(8-13-2)5-7-14-9(11)10(15)16;1-11(17)5-2-3-10(9(12)13)4-6-14-7(10)8(15)16;1-11(16)5-2-3-10(7-13)4-6-12-8(10)9(14)15;1-10(13)5-2-3-9(7-11)4-6-12-8-9;1-10(15)4-2-3-6-7(12)5-11-8(6)9(13)14;2-1-3/h10,14,18H,4-9H2,1-3H3,(H,16,17);7-9,15,18H,3-6H2,1-2H3,(H,16,17);9,13-14,17H,3-8H2,1-2H3,(H,15,16);7,9,14,17H,2-6H2,1H3,(H,15,16);8,12-13,16H,2-7H2,1H3,(H,14,15);12-13H,2-8,11H2,1H3;6-8,11-12,15H,2-5H2,1H3,(H,13,14);. The van der Waals surface area contributed by atoms with Crippen molar-refractivity contribution in [2.24, 2.45) is 50.1 Å². The Labute approximate surface area is 692 Å². The number of carboxylic acid groups (broad SMARTS) is 6. The van der Waals surface area contributed by atoms with Crippen LogP contribution in [0.25, 0.3) is 0 Å². The first-order valence-electron chi connectivity index (χ1n) is 41.8. The van der Waals surface area contributed by atoms with Crippen LogP contribution in [0.15, 0.2) is 0 Å². The van der Waals surface area contributed by atoms with Crippen LogP contribution in [0.3, 0.4) is 0 Å². The second kappa shape index (κ2) is 57.9. The molecule has 33 nitrogen and oxygen atoms in total. The Morgan fingerprint density at radius 1 is 0.496 bits per heavy atom. The van der Waals surface area contributed by atoms with Gasteiger partial charge in [-0.25, -0.2) is 17.6 Å². The molecule has 15 unspecified atom stereocenters. The summed E-state index contributed by atoms with van der Waals surface area (Å²) in [5.74, 6) is -6.83. The molecule has 674 valence electrons. The molecule has 7 rings (SSSR count). The molecule has 0 aliphatic carbocycles. The van der Waals surface area contributed by atoms with Gasteiger partial charge in [0.15, 0.2) is 0 Å². The van der Waals surface area contributed by atoms with E-state index in [1.54, 1.807) is 47.9 Å². The Balaban J connectivity index is 0.00000134. The lowest BCUT2D eigenvalue weighted by Gasteiger charge is -2.35. The van der Waals surface area contributed by atoms with Crippen molar-refractivity contribution < 1.29 is 132 Å². The molecule has 0 amide bonds. The van der Waals surface area contributed by atoms with E-state index in [2.05, 4.69) is 47.4 Å². The zero-order valence-electron chi connectivity index (χ0n) is 71.3. The van der Waals surface area contributed by atoms with Crippen LogP contribution >= 0.6 is 0 Å². The van der Waals surface area contributed by atoms with Gasteiger partial charge in [-0.15, -0.1) is 0 Å². The number of alkyl halides is 4. The number of nitrogens with zero attached hydrogens (tertiary/aromatic N) is 1. The third-order valence-corrected chi connectivity index (χ3v) is 24.2. The van der Waals surface area contributed by atoms with Crippen molar-refractivity contribution >= 4 is 90.4 Å². The van der Waals surface area contributed by atoms with Gasteiger partial charge in [0.25, 0.3) is 48.4 Å². The fraction of sp³-hybridized carbons (Fsp3) is 0.904. The highest BCUT2D eigenvalue weighted by Gasteiger charge is 2.55. The van der Waals surface area contributed by atoms with E-state index in [4.69, 9.17) is 55.8 Å². The van der Waals surface area contributed by atoms with Crippen LogP contribution in [0.2, 0.25) is 92.0 Å². The number of hydrogen-bond acceptors (Lipinski definition) is 27. The van der Waals surface area contributed by atoms with Gasteiger partial charge in [-0.3, -0.25) is 28.8 Å². The molecule has 44 heteroatoms. The molecular weight excluding hydrogens is 1540 g/mol. The van der Waals surface area contributed by atoms with E-state index >= 15 is 0 Å². The number of hydrogen-bond donors (Lipinski definition) is 24. The second-order valence-corrected chi connectivity index (χ2v) is 34.5. The maximum atomic E-state index is 13.2. The van der Waals surface area contributed by atoms with Crippen LogP contribution in [-0.4, -0.2) is 326 Å². The molecule has 0 spiro atoms. The number of nitrogens with two attached hydrogens (primary N) is 1. The van der Waals surface area contributed by atoms with E-state index in [0.717, 1.165) is 122 Å². The molecule has 0 saturated carbocycles. The summed E-state index contributed by atoms with van der Waals surface area (Å²) in [6.07, 6.45) is 12.8. The molecule has 0 aromatic rings. The quantitative estimate of drug-likeness (QED) is 0.0306. The highest BCUT2D eigenvalue weighted by atomic mass is 19.3. The summed E-state index contributed by atoms with van der Waals surface area (Å²) in [5.41, 5.74) is 2.69. The molecule has 7 heterocycles. The summed E-state index contributed by atoms with van der Waals surface area (Å²) in [6, 6.07) is -4.36. The lowest BCUT2D eigenvalue weighted by molar-refractivity contribution is -0.192. The topological polar surface area (TPSA) is 566 Å². The molecule has 0 bridgehead atoms. The Morgan fingerprint density at radius 3 is 1.26 bits per heavy atom. The molecule has 0 radical (unpaired) electrons. The van der Waals surface area contributed by atoms with E-state index in [0.29, 0.717) is 95.4 Å². The van der Waals surface area contributed by atoms with Crippen LogP contribution in [-0.2, 0) is 38.4 Å². The van der Waals surface area contributed by atoms with Gasteiger partial charge in [-0.2, -0.15) is 9.59 Å². The Morgan fingerprint density at radius 2 is 0.872 bits per heavy atom. The predicted molar refractivity (Wildman–Crippen MR) is 447 cm³/mol. The zero-order valence-corrected chi connectivity index (χ0v) is 71.3. The van der Waals surface area contributed by atoms with Crippen molar-refractivity contribution in [1.82, 2.24) is 47.4 Å². The summed E-state index contributed by atoms with van der Waals surface area (Å²) in [7, 11) is 5.81. The van der Waals surface area contributed by atoms with E-state index in [-0.39, 0.29) is 83.5 Å². The summed E-state index contributed by atoms with van der Waals surface area (Å²) in [6.45, 7) is 18.2. The maximum absolute atomic E-state index is 13.2. The third kappa shape index (κ3) is 39.8. The molecule has 0 aromatic heterocycles. The lowest BCUT2D eigenvalue weighted by atomic mass is 9.64. The first-order chi connectivity index (χ1) is 54.7. The largest absolute Gasteiger partial charge is 0.480 e. The maximum Gasteiger partial charge on any atom is 0.373 e. The monoisotopic (exact) mass is 1680 g/mol. The number of rotatable bonds is 42. The molecule has 7 fully saturated rings. The van der Waals surface area contributed by atoms with Gasteiger partial charge in [0.2, 0.25) is 12.9 Å². The van der Waals surface area contributed by atoms with E-state index < -0.39 is 127 Å². The van der Waals surface area contributed by atoms with Crippen molar-refractivity contribution in [1.29, 1.82) is 0 Å². The first kappa shape index (κ1) is 113. The Bertz CT molecular complexity index is 2810. The third-order valence-electron chi connectivity index (χ3n) is 24.2. The summed E-state index contributed by atoms with van der Waals surface area (Å²) >= 11 is 0. The Kier molecular flexibility index (Phi) is 55.7. The lowest BCUT2D eigenvalue weighted by Crippen LogP contribution is -2.48. The highest BCUT2D eigenvalue weighted by molar-refractivity contribution is 6.50. The van der Waals surface area contributed by atoms with Crippen molar-refractivity contribution in [2.75, 3.05) is 99.7 Å². The molecule has 7 aliphatic rings. The molecule has 0 aromatic carbocycles. The van der Waals surface area contributed by atoms with Crippen molar-refractivity contribution in [3.05, 3.63) is 0 Å². The minimum Gasteiger partial charge on any atom is -0.480 e. The van der Waals surface area contributed by atoms with E-state index in [1.165, 1.54) is 6.42 Å². The SMILES string of the molecule is CB(O)CCCC1(C(F)F)CCNC1C(=O)O.CB(O)CCCC1(C)C(C(=O)O)NCC1C(F)F.CB(O)CCCC1(CN(C)C)CCNC1C(=O)O.CB(O)CCCC1(CN)CCNC1.CB(O)CCCC1(CO)CCNC1C(=O)O.CB(O)CCCC1C(O)CNC1C(=O)O.CNCC1(CCCB(C)O)CCNC1C(=O)O.O=C=O. The number of aliphatic hydroxyl groups excluding tert-OH is 2. The highest BCUT2D eigenvalue weighted by Crippen LogP contribution is 2.46. The number of aliphatic hydroxyl groups is 2. The first-order valence-corrected chi connectivity index (χ1v) is 41.8. The average molecular weight is 1680 g/mol. The van der Waals surface area contributed by atoms with E-state index in [9.17, 15) is 81.8 Å². The van der Waals surface area contributed by atoms with Crippen LogP contribution in [0.5, 0.6) is 0 Å². The predicted octanol–water partition coefficient (Wildman–Crippen LogP) is 1.76. The number of carbonyl (C=O) groups is 6. The number of nitrogens with one attached hydrogen (secondary N) is 8. The minimum atomic E-state index is -2.66. The number of halogens is 4. The van der Waals surface area contributed by atoms with Crippen molar-refractivity contribution in [3.63, 3.8) is 0 Å².